The number of hydrogen-bond acceptors (Lipinski definition) is 4. The smallest absolute Gasteiger partial charge is 0.311 e. The molecule has 17 heavy (non-hydrogen) atoms. The molecule has 1 aliphatic rings. The second-order valence-electron chi connectivity index (χ2n) is 4.39. The SMILES string of the molecule is COc1cc2c(cc1[N+](=O)[O-])CN(C)CCC2. The van der Waals surface area contributed by atoms with Crippen LogP contribution in [0.3, 0.4) is 0 Å². The predicted molar refractivity (Wildman–Crippen MR) is 64.3 cm³/mol. The van der Waals surface area contributed by atoms with Crippen LogP contribution in [-0.4, -0.2) is 30.5 Å². The highest BCUT2D eigenvalue weighted by atomic mass is 16.6. The molecule has 0 saturated carbocycles. The van der Waals surface area contributed by atoms with Crippen molar-refractivity contribution < 1.29 is 9.66 Å². The van der Waals surface area contributed by atoms with Crippen molar-refractivity contribution in [2.75, 3.05) is 20.7 Å². The molecule has 5 nitrogen and oxygen atoms in total. The van der Waals surface area contributed by atoms with Gasteiger partial charge in [0.15, 0.2) is 5.75 Å². The average molecular weight is 236 g/mol. The number of benzene rings is 1. The van der Waals surface area contributed by atoms with Crippen molar-refractivity contribution >= 4 is 5.69 Å². The zero-order chi connectivity index (χ0) is 12.4. The Kier molecular flexibility index (Phi) is 3.28. The highest BCUT2D eigenvalue weighted by Gasteiger charge is 2.20. The number of hydrogen-bond donors (Lipinski definition) is 0. The van der Waals surface area contributed by atoms with Gasteiger partial charge in [-0.2, -0.15) is 0 Å². The summed E-state index contributed by atoms with van der Waals surface area (Å²) in [5, 5.41) is 10.9. The molecule has 0 fully saturated rings. The van der Waals surface area contributed by atoms with E-state index in [1.165, 1.54) is 7.11 Å². The molecular weight excluding hydrogens is 220 g/mol. The molecule has 0 atom stereocenters. The molecule has 0 amide bonds. The van der Waals surface area contributed by atoms with E-state index in [0.717, 1.165) is 37.1 Å². The third kappa shape index (κ3) is 2.39. The normalized spacial score (nSPS) is 16.1. The molecule has 0 saturated heterocycles. The summed E-state index contributed by atoms with van der Waals surface area (Å²) < 4.78 is 5.09. The summed E-state index contributed by atoms with van der Waals surface area (Å²) in [7, 11) is 3.50. The largest absolute Gasteiger partial charge is 0.490 e. The van der Waals surface area contributed by atoms with E-state index in [-0.39, 0.29) is 10.6 Å². The standard InChI is InChI=1S/C12H16N2O3/c1-13-5-3-4-9-7-12(17-2)11(14(15)16)6-10(9)8-13/h6-7H,3-5,8H2,1-2H3. The van der Waals surface area contributed by atoms with Gasteiger partial charge in [-0.3, -0.25) is 10.1 Å². The second-order valence-corrected chi connectivity index (χ2v) is 4.39. The lowest BCUT2D eigenvalue weighted by atomic mass is 10.0. The van der Waals surface area contributed by atoms with E-state index in [1.807, 2.05) is 13.1 Å². The second kappa shape index (κ2) is 4.71. The maximum Gasteiger partial charge on any atom is 0.311 e. The summed E-state index contributed by atoms with van der Waals surface area (Å²) >= 11 is 0. The molecule has 0 aromatic heterocycles. The molecule has 1 heterocycles. The van der Waals surface area contributed by atoms with Crippen LogP contribution in [0.1, 0.15) is 17.5 Å². The number of ether oxygens (including phenoxy) is 1. The minimum absolute atomic E-state index is 0.0570. The maximum atomic E-state index is 10.9. The summed E-state index contributed by atoms with van der Waals surface area (Å²) in [6.07, 6.45) is 2.03. The van der Waals surface area contributed by atoms with Gasteiger partial charge in [-0.25, -0.2) is 0 Å². The average Bonchev–Trinajstić information content (AvgIpc) is 2.47. The molecule has 1 aromatic rings. The lowest BCUT2D eigenvalue weighted by Crippen LogP contribution is -2.17. The van der Waals surface area contributed by atoms with E-state index in [0.29, 0.717) is 5.75 Å². The fourth-order valence-corrected chi connectivity index (χ4v) is 2.25. The highest BCUT2D eigenvalue weighted by Crippen LogP contribution is 2.32. The van der Waals surface area contributed by atoms with Crippen molar-refractivity contribution in [1.82, 2.24) is 4.90 Å². The Bertz CT molecular complexity index is 446. The van der Waals surface area contributed by atoms with Crippen molar-refractivity contribution in [2.24, 2.45) is 0 Å². The number of rotatable bonds is 2. The molecule has 0 aliphatic carbocycles. The van der Waals surface area contributed by atoms with Crippen LogP contribution in [0.25, 0.3) is 0 Å². The van der Waals surface area contributed by atoms with Gasteiger partial charge in [0, 0.05) is 12.6 Å². The van der Waals surface area contributed by atoms with Gasteiger partial charge < -0.3 is 9.64 Å². The molecule has 0 unspecified atom stereocenters. The maximum absolute atomic E-state index is 10.9. The number of nitro groups is 1. The lowest BCUT2D eigenvalue weighted by molar-refractivity contribution is -0.385. The van der Waals surface area contributed by atoms with E-state index in [2.05, 4.69) is 4.90 Å². The third-order valence-electron chi connectivity index (χ3n) is 3.12. The first-order valence-corrected chi connectivity index (χ1v) is 5.64. The Balaban J connectivity index is 2.48. The first-order valence-electron chi connectivity index (χ1n) is 5.64. The molecule has 5 heteroatoms. The molecule has 1 aromatic carbocycles. The summed E-state index contributed by atoms with van der Waals surface area (Å²) in [6.45, 7) is 1.78. The molecule has 0 spiro atoms. The van der Waals surface area contributed by atoms with Crippen LogP contribution in [-0.2, 0) is 13.0 Å². The van der Waals surface area contributed by atoms with Crippen LogP contribution < -0.4 is 4.74 Å². The van der Waals surface area contributed by atoms with Gasteiger partial charge in [-0.1, -0.05) is 0 Å². The van der Waals surface area contributed by atoms with Gasteiger partial charge in [-0.15, -0.1) is 0 Å². The van der Waals surface area contributed by atoms with Crippen LogP contribution in [0.5, 0.6) is 5.75 Å². The summed E-state index contributed by atoms with van der Waals surface area (Å²) in [6, 6.07) is 3.46. The van der Waals surface area contributed by atoms with E-state index in [9.17, 15) is 10.1 Å². The number of methoxy groups -OCH3 is 1. The number of aryl methyl sites for hydroxylation is 1. The quantitative estimate of drug-likeness (QED) is 0.582. The van der Waals surface area contributed by atoms with Gasteiger partial charge in [0.05, 0.1) is 12.0 Å². The number of nitrogens with zero attached hydrogens (tertiary/aromatic N) is 2. The zero-order valence-electron chi connectivity index (χ0n) is 10.1. The molecule has 2 rings (SSSR count). The van der Waals surface area contributed by atoms with Crippen LogP contribution >= 0.6 is 0 Å². The molecule has 92 valence electrons. The Morgan fingerprint density at radius 3 is 2.82 bits per heavy atom. The lowest BCUT2D eigenvalue weighted by Gasteiger charge is -2.13. The van der Waals surface area contributed by atoms with E-state index < -0.39 is 0 Å². The Morgan fingerprint density at radius 2 is 2.18 bits per heavy atom. The Labute approximate surface area is 100 Å². The number of nitro benzene ring substituents is 1. The summed E-state index contributed by atoms with van der Waals surface area (Å²) in [5.74, 6) is 0.360. The van der Waals surface area contributed by atoms with Crippen LogP contribution in [0.4, 0.5) is 5.69 Å². The zero-order valence-corrected chi connectivity index (χ0v) is 10.1. The Morgan fingerprint density at radius 1 is 1.41 bits per heavy atom. The van der Waals surface area contributed by atoms with Gasteiger partial charge in [0.1, 0.15) is 0 Å². The van der Waals surface area contributed by atoms with Crippen molar-refractivity contribution in [3.05, 3.63) is 33.4 Å². The predicted octanol–water partition coefficient (Wildman–Crippen LogP) is 1.98. The monoisotopic (exact) mass is 236 g/mol. The third-order valence-corrected chi connectivity index (χ3v) is 3.12. The molecule has 0 N–H and O–H groups in total. The van der Waals surface area contributed by atoms with E-state index in [1.54, 1.807) is 6.07 Å². The van der Waals surface area contributed by atoms with E-state index >= 15 is 0 Å². The fraction of sp³-hybridized carbons (Fsp3) is 0.500. The first-order chi connectivity index (χ1) is 8.11. The van der Waals surface area contributed by atoms with Gasteiger partial charge >= 0.3 is 5.69 Å². The highest BCUT2D eigenvalue weighted by molar-refractivity contribution is 5.52. The fourth-order valence-electron chi connectivity index (χ4n) is 2.25. The number of fused-ring (bicyclic) bond motifs is 1. The minimum atomic E-state index is -0.385. The van der Waals surface area contributed by atoms with Crippen molar-refractivity contribution in [3.63, 3.8) is 0 Å². The molecular formula is C12H16N2O3. The summed E-state index contributed by atoms with van der Waals surface area (Å²) in [5.41, 5.74) is 2.26. The first kappa shape index (κ1) is 11.9. The summed E-state index contributed by atoms with van der Waals surface area (Å²) in [4.78, 5) is 12.7. The topological polar surface area (TPSA) is 55.6 Å². The van der Waals surface area contributed by atoms with Crippen molar-refractivity contribution in [2.45, 2.75) is 19.4 Å². The Hall–Kier alpha value is -1.62. The van der Waals surface area contributed by atoms with Crippen molar-refractivity contribution in [1.29, 1.82) is 0 Å². The van der Waals surface area contributed by atoms with Crippen LogP contribution in [0.2, 0.25) is 0 Å². The molecule has 0 radical (unpaired) electrons. The van der Waals surface area contributed by atoms with Crippen molar-refractivity contribution in [3.8, 4) is 5.75 Å². The molecule has 1 aliphatic heterocycles. The van der Waals surface area contributed by atoms with E-state index in [4.69, 9.17) is 4.74 Å². The molecule has 0 bridgehead atoms. The van der Waals surface area contributed by atoms with Gasteiger partial charge in [-0.05, 0) is 43.6 Å². The van der Waals surface area contributed by atoms with Gasteiger partial charge in [0.25, 0.3) is 0 Å². The minimum Gasteiger partial charge on any atom is -0.490 e. The van der Waals surface area contributed by atoms with Crippen LogP contribution in [0.15, 0.2) is 12.1 Å². The van der Waals surface area contributed by atoms with Gasteiger partial charge in [0.2, 0.25) is 0 Å². The van der Waals surface area contributed by atoms with Crippen LogP contribution in [0, 0.1) is 10.1 Å².